The minimum absolute atomic E-state index is 0.144. The van der Waals surface area contributed by atoms with Gasteiger partial charge in [-0.25, -0.2) is 9.61 Å². The summed E-state index contributed by atoms with van der Waals surface area (Å²) in [6.07, 6.45) is 1.79. The van der Waals surface area contributed by atoms with Crippen molar-refractivity contribution in [3.63, 3.8) is 0 Å². The molecule has 4 aromatic rings. The average Bonchev–Trinajstić information content (AvgIpc) is 3.26. The largest absolute Gasteiger partial charge is 0.325 e. The van der Waals surface area contributed by atoms with Crippen molar-refractivity contribution in [2.45, 2.75) is 31.8 Å². The van der Waals surface area contributed by atoms with Crippen molar-refractivity contribution in [3.05, 3.63) is 76.1 Å². The molecule has 31 heavy (non-hydrogen) atoms. The number of nitrogens with zero attached hydrogens (tertiary/aromatic N) is 3. The second kappa shape index (κ2) is 9.18. The van der Waals surface area contributed by atoms with Gasteiger partial charge in [0.25, 0.3) is 5.56 Å². The molecule has 2 heterocycles. The molecule has 7 nitrogen and oxygen atoms in total. The smallest absolute Gasteiger partial charge is 0.290 e. The van der Waals surface area contributed by atoms with Crippen LogP contribution in [-0.4, -0.2) is 31.5 Å². The first-order valence-electron chi connectivity index (χ1n) is 10.2. The molecule has 0 fully saturated rings. The van der Waals surface area contributed by atoms with Crippen LogP contribution in [0.15, 0.2) is 64.5 Å². The lowest BCUT2D eigenvalue weighted by atomic mass is 10.1. The van der Waals surface area contributed by atoms with Crippen LogP contribution in [0.25, 0.3) is 16.8 Å². The summed E-state index contributed by atoms with van der Waals surface area (Å²) in [6, 6.07) is 17.6. The van der Waals surface area contributed by atoms with Crippen molar-refractivity contribution < 1.29 is 4.79 Å². The van der Waals surface area contributed by atoms with Gasteiger partial charge in [0.05, 0.1) is 11.4 Å². The molecule has 1 amide bonds. The van der Waals surface area contributed by atoms with Gasteiger partial charge in [-0.1, -0.05) is 68.1 Å². The number of nitrogens with one attached hydrogen (secondary N) is 2. The van der Waals surface area contributed by atoms with Crippen molar-refractivity contribution in [1.82, 2.24) is 19.8 Å². The Bertz CT molecular complexity index is 1280. The van der Waals surface area contributed by atoms with Gasteiger partial charge in [0, 0.05) is 11.3 Å². The Kier molecular flexibility index (Phi) is 6.18. The van der Waals surface area contributed by atoms with E-state index in [9.17, 15) is 9.59 Å². The molecule has 0 aliphatic heterocycles. The summed E-state index contributed by atoms with van der Waals surface area (Å²) in [5, 5.41) is 14.6. The number of hydrogen-bond donors (Lipinski definition) is 2. The molecule has 2 aromatic heterocycles. The lowest BCUT2D eigenvalue weighted by Gasteiger charge is -2.09. The van der Waals surface area contributed by atoms with Crippen LogP contribution in [-0.2, 0) is 17.6 Å². The van der Waals surface area contributed by atoms with Crippen LogP contribution in [0.3, 0.4) is 0 Å². The number of aryl methyl sites for hydroxylation is 2. The third-order valence-electron chi connectivity index (χ3n) is 5.04. The maximum Gasteiger partial charge on any atom is 0.290 e. The molecule has 158 valence electrons. The number of H-pyrrole nitrogens is 1. The van der Waals surface area contributed by atoms with E-state index in [0.717, 1.165) is 29.7 Å². The van der Waals surface area contributed by atoms with Crippen molar-refractivity contribution in [2.24, 2.45) is 0 Å². The third-order valence-corrected chi connectivity index (χ3v) is 5.97. The van der Waals surface area contributed by atoms with Crippen LogP contribution >= 0.6 is 11.8 Å². The topological polar surface area (TPSA) is 92.1 Å². The summed E-state index contributed by atoms with van der Waals surface area (Å²) in [5.41, 5.74) is 4.80. The van der Waals surface area contributed by atoms with Gasteiger partial charge >= 0.3 is 0 Å². The highest BCUT2D eigenvalue weighted by Crippen LogP contribution is 2.23. The van der Waals surface area contributed by atoms with Gasteiger partial charge in [-0.05, 0) is 36.1 Å². The van der Waals surface area contributed by atoms with E-state index in [-0.39, 0.29) is 17.2 Å². The molecule has 0 radical (unpaired) electrons. The Labute approximate surface area is 183 Å². The third kappa shape index (κ3) is 4.54. The van der Waals surface area contributed by atoms with Gasteiger partial charge in [-0.3, -0.25) is 9.59 Å². The molecule has 0 spiro atoms. The fourth-order valence-corrected chi connectivity index (χ4v) is 4.01. The number of thioether (sulfide) groups is 1. The number of aromatic nitrogens is 4. The van der Waals surface area contributed by atoms with E-state index in [4.69, 9.17) is 0 Å². The standard InChI is InChI=1S/C23H23N5O2S/c1-3-15-9-11-17(12-10-15)19-13-20-22(30)25-26-23(28(20)27-19)31-14-21(29)24-18-8-6-5-7-16(18)4-2/h5-13H,3-4,14H2,1-2H3,(H,24,29)(H,25,30). The SMILES string of the molecule is CCc1ccc(-c2cc3c(=O)[nH]nc(SCC(=O)Nc4ccccc4CC)n3n2)cc1. The molecule has 8 heteroatoms. The van der Waals surface area contributed by atoms with Gasteiger partial charge in [0.2, 0.25) is 11.1 Å². The molecule has 4 rings (SSSR count). The number of hydrogen-bond acceptors (Lipinski definition) is 5. The first kappa shape index (κ1) is 20.9. The lowest BCUT2D eigenvalue weighted by Crippen LogP contribution is -2.17. The number of aromatic amines is 1. The maximum absolute atomic E-state index is 12.5. The number of rotatable bonds is 7. The predicted octanol–water partition coefficient (Wildman–Crippen LogP) is 3.94. The molecule has 0 aliphatic carbocycles. The van der Waals surface area contributed by atoms with Crippen molar-refractivity contribution >= 4 is 28.9 Å². The molecule has 0 aliphatic rings. The first-order valence-corrected chi connectivity index (χ1v) is 11.2. The van der Waals surface area contributed by atoms with E-state index in [2.05, 4.69) is 39.7 Å². The van der Waals surface area contributed by atoms with Gasteiger partial charge in [0.1, 0.15) is 5.52 Å². The van der Waals surface area contributed by atoms with E-state index < -0.39 is 0 Å². The van der Waals surface area contributed by atoms with Crippen LogP contribution < -0.4 is 10.9 Å². The molecule has 0 saturated heterocycles. The highest BCUT2D eigenvalue weighted by atomic mass is 32.2. The van der Waals surface area contributed by atoms with E-state index >= 15 is 0 Å². The van der Waals surface area contributed by atoms with E-state index in [1.165, 1.54) is 21.8 Å². The number of carbonyl (C=O) groups is 1. The molecular weight excluding hydrogens is 410 g/mol. The van der Waals surface area contributed by atoms with Gasteiger partial charge < -0.3 is 5.32 Å². The number of fused-ring (bicyclic) bond motifs is 1. The second-order valence-corrected chi connectivity index (χ2v) is 8.00. The minimum atomic E-state index is -0.324. The monoisotopic (exact) mass is 433 g/mol. The van der Waals surface area contributed by atoms with Crippen LogP contribution in [0, 0.1) is 0 Å². The Morgan fingerprint density at radius 1 is 1.10 bits per heavy atom. The fraction of sp³-hybridized carbons (Fsp3) is 0.217. The predicted molar refractivity (Wildman–Crippen MR) is 124 cm³/mol. The minimum Gasteiger partial charge on any atom is -0.325 e. The second-order valence-electron chi connectivity index (χ2n) is 7.06. The van der Waals surface area contributed by atoms with Gasteiger partial charge in [0.15, 0.2) is 0 Å². The number of amides is 1. The molecule has 2 N–H and O–H groups in total. The number of para-hydroxylation sites is 1. The van der Waals surface area contributed by atoms with Crippen LogP contribution in [0.5, 0.6) is 0 Å². The maximum atomic E-state index is 12.5. The summed E-state index contributed by atoms with van der Waals surface area (Å²) in [7, 11) is 0. The van der Waals surface area contributed by atoms with Crippen LogP contribution in [0.2, 0.25) is 0 Å². The van der Waals surface area contributed by atoms with Crippen LogP contribution in [0.4, 0.5) is 5.69 Å². The Hall–Kier alpha value is -3.39. The van der Waals surface area contributed by atoms with E-state index in [1.54, 1.807) is 6.07 Å². The van der Waals surface area contributed by atoms with E-state index in [1.807, 2.05) is 43.3 Å². The molecule has 0 atom stereocenters. The normalized spacial score (nSPS) is 11.0. The quantitative estimate of drug-likeness (QED) is 0.431. The summed E-state index contributed by atoms with van der Waals surface area (Å²) < 4.78 is 1.50. The van der Waals surface area contributed by atoms with Gasteiger partial charge in [-0.2, -0.15) is 5.10 Å². The zero-order chi connectivity index (χ0) is 21.8. The van der Waals surface area contributed by atoms with E-state index in [0.29, 0.717) is 16.4 Å². The molecule has 0 bridgehead atoms. The molecule has 0 unspecified atom stereocenters. The summed E-state index contributed by atoms with van der Waals surface area (Å²) in [6.45, 7) is 4.15. The molecule has 0 saturated carbocycles. The van der Waals surface area contributed by atoms with Crippen molar-refractivity contribution in [1.29, 1.82) is 0 Å². The van der Waals surface area contributed by atoms with Crippen molar-refractivity contribution in [2.75, 3.05) is 11.1 Å². The highest BCUT2D eigenvalue weighted by Gasteiger charge is 2.14. The highest BCUT2D eigenvalue weighted by molar-refractivity contribution is 7.99. The Balaban J connectivity index is 1.55. The average molecular weight is 434 g/mol. The zero-order valence-electron chi connectivity index (χ0n) is 17.4. The fourth-order valence-electron chi connectivity index (χ4n) is 3.30. The zero-order valence-corrected chi connectivity index (χ0v) is 18.2. The Morgan fingerprint density at radius 2 is 1.87 bits per heavy atom. The molecule has 2 aromatic carbocycles. The summed E-state index contributed by atoms with van der Waals surface area (Å²) in [5.74, 6) is 0.00152. The summed E-state index contributed by atoms with van der Waals surface area (Å²) >= 11 is 1.22. The Morgan fingerprint density at radius 3 is 2.61 bits per heavy atom. The number of benzene rings is 2. The van der Waals surface area contributed by atoms with Crippen molar-refractivity contribution in [3.8, 4) is 11.3 Å². The molecular formula is C23H23N5O2S. The summed E-state index contributed by atoms with van der Waals surface area (Å²) in [4.78, 5) is 24.7. The number of anilines is 1. The first-order chi connectivity index (χ1) is 15.1. The van der Waals surface area contributed by atoms with Crippen LogP contribution in [0.1, 0.15) is 25.0 Å². The van der Waals surface area contributed by atoms with Gasteiger partial charge in [-0.15, -0.1) is 5.10 Å². The number of carbonyl (C=O) groups excluding carboxylic acids is 1. The lowest BCUT2D eigenvalue weighted by molar-refractivity contribution is -0.113.